The molecule has 0 spiro atoms. The SMILES string of the molecule is CC=C1C(=O)N2C(C(=O)O)=C(SCCNC(=O)OCc3ccc([N+](=O)[O-])cc3)CC12. The zero-order chi connectivity index (χ0) is 21.8. The van der Waals surface area contributed by atoms with Gasteiger partial charge in [0.05, 0.1) is 11.0 Å². The minimum atomic E-state index is -1.14. The number of carboxylic acids is 1. The highest BCUT2D eigenvalue weighted by Crippen LogP contribution is 2.45. The Morgan fingerprint density at radius 1 is 1.40 bits per heavy atom. The Balaban J connectivity index is 1.43. The second kappa shape index (κ2) is 8.99. The van der Waals surface area contributed by atoms with E-state index >= 15 is 0 Å². The Labute approximate surface area is 175 Å². The van der Waals surface area contributed by atoms with E-state index in [2.05, 4.69) is 5.32 Å². The molecule has 1 atom stereocenters. The van der Waals surface area contributed by atoms with Gasteiger partial charge in [-0.2, -0.15) is 0 Å². The Morgan fingerprint density at radius 2 is 2.10 bits per heavy atom. The topological polar surface area (TPSA) is 139 Å². The number of nitro benzene ring substituents is 1. The number of carboxylic acid groups (broad SMARTS) is 1. The van der Waals surface area contributed by atoms with Gasteiger partial charge in [0.25, 0.3) is 11.6 Å². The summed E-state index contributed by atoms with van der Waals surface area (Å²) in [7, 11) is 0. The van der Waals surface area contributed by atoms with Crippen molar-refractivity contribution in [1.29, 1.82) is 0 Å². The van der Waals surface area contributed by atoms with Gasteiger partial charge in [0.2, 0.25) is 0 Å². The number of alkyl carbamates (subject to hydrolysis) is 1. The summed E-state index contributed by atoms with van der Waals surface area (Å²) in [6.45, 7) is 1.97. The number of benzene rings is 1. The smallest absolute Gasteiger partial charge is 0.407 e. The molecule has 2 aliphatic rings. The Morgan fingerprint density at radius 3 is 2.70 bits per heavy atom. The number of hydrogen-bond donors (Lipinski definition) is 2. The summed E-state index contributed by atoms with van der Waals surface area (Å²) >= 11 is 1.29. The van der Waals surface area contributed by atoms with Crippen molar-refractivity contribution in [2.24, 2.45) is 0 Å². The second-order valence-corrected chi connectivity index (χ2v) is 7.68. The number of amides is 2. The van der Waals surface area contributed by atoms with E-state index in [4.69, 9.17) is 4.74 Å². The van der Waals surface area contributed by atoms with Crippen LogP contribution in [-0.4, -0.2) is 51.2 Å². The molecule has 0 radical (unpaired) electrons. The van der Waals surface area contributed by atoms with Crippen LogP contribution in [0.4, 0.5) is 10.5 Å². The fourth-order valence-corrected chi connectivity index (χ4v) is 4.32. The molecule has 2 heterocycles. The lowest BCUT2D eigenvalue weighted by Crippen LogP contribution is -2.52. The summed E-state index contributed by atoms with van der Waals surface area (Å²) in [6.07, 6.45) is 1.52. The van der Waals surface area contributed by atoms with Crippen LogP contribution in [0.15, 0.2) is 46.5 Å². The molecule has 1 aromatic rings. The van der Waals surface area contributed by atoms with Gasteiger partial charge in [-0.15, -0.1) is 11.8 Å². The monoisotopic (exact) mass is 433 g/mol. The van der Waals surface area contributed by atoms with E-state index in [1.54, 1.807) is 13.0 Å². The molecule has 158 valence electrons. The van der Waals surface area contributed by atoms with E-state index in [1.807, 2.05) is 0 Å². The Kier molecular flexibility index (Phi) is 6.40. The molecule has 11 heteroatoms. The quantitative estimate of drug-likeness (QED) is 0.209. The van der Waals surface area contributed by atoms with Gasteiger partial charge in [-0.05, 0) is 24.6 Å². The number of carbonyl (C=O) groups excluding carboxylic acids is 2. The van der Waals surface area contributed by atoms with Crippen LogP contribution in [0.25, 0.3) is 0 Å². The molecule has 1 unspecified atom stereocenters. The minimum absolute atomic E-state index is 0.0151. The van der Waals surface area contributed by atoms with E-state index in [9.17, 15) is 29.6 Å². The molecular weight excluding hydrogens is 414 g/mol. The van der Waals surface area contributed by atoms with E-state index in [1.165, 1.54) is 40.9 Å². The van der Waals surface area contributed by atoms with Gasteiger partial charge in [-0.1, -0.05) is 6.08 Å². The number of nitrogens with one attached hydrogen (secondary N) is 1. The summed E-state index contributed by atoms with van der Waals surface area (Å²) in [5, 5.41) is 22.6. The molecule has 2 N–H and O–H groups in total. The first kappa shape index (κ1) is 21.4. The van der Waals surface area contributed by atoms with Gasteiger partial charge >= 0.3 is 12.1 Å². The van der Waals surface area contributed by atoms with E-state index in [-0.39, 0.29) is 36.5 Å². The van der Waals surface area contributed by atoms with Crippen LogP contribution in [0.2, 0.25) is 0 Å². The molecule has 1 aromatic carbocycles. The highest BCUT2D eigenvalue weighted by Gasteiger charge is 2.51. The number of carbonyl (C=O) groups is 3. The lowest BCUT2D eigenvalue weighted by molar-refractivity contribution is -0.384. The third-order valence-corrected chi connectivity index (χ3v) is 5.82. The number of β-lactam (4-membered cyclic amide) rings is 1. The lowest BCUT2D eigenvalue weighted by Gasteiger charge is -2.37. The van der Waals surface area contributed by atoms with Crippen molar-refractivity contribution >= 4 is 35.4 Å². The maximum atomic E-state index is 12.0. The average molecular weight is 433 g/mol. The first-order chi connectivity index (χ1) is 14.3. The largest absolute Gasteiger partial charge is 0.477 e. The van der Waals surface area contributed by atoms with E-state index < -0.39 is 17.0 Å². The van der Waals surface area contributed by atoms with Gasteiger partial charge in [-0.3, -0.25) is 19.8 Å². The first-order valence-corrected chi connectivity index (χ1v) is 10.0. The minimum Gasteiger partial charge on any atom is -0.477 e. The fraction of sp³-hybridized carbons (Fsp3) is 0.316. The zero-order valence-corrected chi connectivity index (χ0v) is 16.8. The van der Waals surface area contributed by atoms with Crippen molar-refractivity contribution in [2.45, 2.75) is 26.0 Å². The number of nitrogens with zero attached hydrogens (tertiary/aromatic N) is 2. The highest BCUT2D eigenvalue weighted by atomic mass is 32.2. The van der Waals surface area contributed by atoms with Crippen LogP contribution < -0.4 is 5.32 Å². The summed E-state index contributed by atoms with van der Waals surface area (Å²) in [6, 6.07) is 5.46. The van der Waals surface area contributed by atoms with Crippen LogP contribution in [0.3, 0.4) is 0 Å². The van der Waals surface area contributed by atoms with Gasteiger partial charge < -0.3 is 15.2 Å². The Bertz CT molecular complexity index is 955. The van der Waals surface area contributed by atoms with Gasteiger partial charge in [-0.25, -0.2) is 9.59 Å². The van der Waals surface area contributed by atoms with Crippen LogP contribution in [0, 0.1) is 10.1 Å². The van der Waals surface area contributed by atoms with Crippen molar-refractivity contribution in [3.05, 3.63) is 62.2 Å². The summed E-state index contributed by atoms with van der Waals surface area (Å²) in [5.74, 6) is -0.999. The average Bonchev–Trinajstić information content (AvgIpc) is 3.05. The predicted octanol–water partition coefficient (Wildman–Crippen LogP) is 2.41. The van der Waals surface area contributed by atoms with Crippen molar-refractivity contribution in [3.63, 3.8) is 0 Å². The van der Waals surface area contributed by atoms with Gasteiger partial charge in [0.15, 0.2) is 0 Å². The van der Waals surface area contributed by atoms with Gasteiger partial charge in [0, 0.05) is 41.3 Å². The summed E-state index contributed by atoms with van der Waals surface area (Å²) < 4.78 is 5.05. The molecule has 2 aliphatic heterocycles. The molecule has 0 bridgehead atoms. The standard InChI is InChI=1S/C19H19N3O7S/c1-2-13-14-9-15(16(18(24)25)21(14)17(13)23)30-8-7-20-19(26)29-10-11-3-5-12(6-4-11)22(27)28/h2-6,14H,7-10H2,1H3,(H,20,26)(H,24,25). The number of allylic oxidation sites excluding steroid dienone is 1. The maximum absolute atomic E-state index is 12.0. The molecule has 0 aromatic heterocycles. The first-order valence-electron chi connectivity index (χ1n) is 9.06. The number of thioether (sulfide) groups is 1. The van der Waals surface area contributed by atoms with Crippen molar-refractivity contribution in [1.82, 2.24) is 10.2 Å². The molecule has 0 aliphatic carbocycles. The molecule has 3 rings (SSSR count). The number of fused-ring (bicyclic) bond motifs is 1. The van der Waals surface area contributed by atoms with E-state index in [0.717, 1.165) is 0 Å². The molecule has 1 fully saturated rings. The second-order valence-electron chi connectivity index (χ2n) is 6.49. The summed E-state index contributed by atoms with van der Waals surface area (Å²) in [5.41, 5.74) is 1.20. The Hall–Kier alpha value is -3.34. The fourth-order valence-electron chi connectivity index (χ4n) is 3.27. The highest BCUT2D eigenvalue weighted by molar-refractivity contribution is 8.03. The van der Waals surface area contributed by atoms with Crippen LogP contribution in [0.5, 0.6) is 0 Å². The van der Waals surface area contributed by atoms with Crippen molar-refractivity contribution < 1.29 is 29.2 Å². The number of nitro groups is 1. The number of non-ortho nitro benzene ring substituents is 1. The summed E-state index contributed by atoms with van der Waals surface area (Å²) in [4.78, 5) is 47.4. The van der Waals surface area contributed by atoms with Gasteiger partial charge in [0.1, 0.15) is 12.3 Å². The zero-order valence-electron chi connectivity index (χ0n) is 16.0. The number of ether oxygens (including phenoxy) is 1. The molecule has 0 saturated carbocycles. The normalized spacial score (nSPS) is 18.8. The molecule has 1 saturated heterocycles. The lowest BCUT2D eigenvalue weighted by atomic mass is 9.94. The third-order valence-electron chi connectivity index (χ3n) is 4.70. The maximum Gasteiger partial charge on any atom is 0.407 e. The molecule has 30 heavy (non-hydrogen) atoms. The number of rotatable bonds is 8. The molecular formula is C19H19N3O7S. The molecule has 10 nitrogen and oxygen atoms in total. The van der Waals surface area contributed by atoms with Crippen LogP contribution >= 0.6 is 11.8 Å². The number of aliphatic carboxylic acids is 1. The van der Waals surface area contributed by atoms with Crippen molar-refractivity contribution in [2.75, 3.05) is 12.3 Å². The molecule has 2 amide bonds. The third kappa shape index (κ3) is 4.30. The number of hydrogen-bond acceptors (Lipinski definition) is 7. The van der Waals surface area contributed by atoms with E-state index in [0.29, 0.717) is 28.2 Å². The van der Waals surface area contributed by atoms with Crippen LogP contribution in [-0.2, 0) is 20.9 Å². The van der Waals surface area contributed by atoms with Crippen molar-refractivity contribution in [3.8, 4) is 0 Å². The van der Waals surface area contributed by atoms with Crippen LogP contribution in [0.1, 0.15) is 18.9 Å². The predicted molar refractivity (Wildman–Crippen MR) is 107 cm³/mol.